The van der Waals surface area contributed by atoms with E-state index in [-0.39, 0.29) is 0 Å². The number of halogens is 3. The van der Waals surface area contributed by atoms with Crippen molar-refractivity contribution in [3.63, 3.8) is 0 Å². The lowest BCUT2D eigenvalue weighted by molar-refractivity contribution is -0.104. The minimum absolute atomic E-state index is 0.466. The molecular formula is C13H14Cl3NO. The quantitative estimate of drug-likeness (QED) is 0.435. The maximum Gasteiger partial charge on any atom is 0.144 e. The molecule has 0 bridgehead atoms. The summed E-state index contributed by atoms with van der Waals surface area (Å²) in [5, 5.41) is 0.626. The lowest BCUT2D eigenvalue weighted by Gasteiger charge is -2.26. The van der Waals surface area contributed by atoms with Gasteiger partial charge in [-0.1, -0.05) is 23.7 Å². The summed E-state index contributed by atoms with van der Waals surface area (Å²) < 4.78 is 0. The number of carbonyl (C=O) groups is 1. The average molecular weight is 307 g/mol. The van der Waals surface area contributed by atoms with Gasteiger partial charge in [-0.15, -0.1) is 23.2 Å². The van der Waals surface area contributed by atoms with Gasteiger partial charge in [0.2, 0.25) is 0 Å². The van der Waals surface area contributed by atoms with E-state index in [2.05, 4.69) is 0 Å². The van der Waals surface area contributed by atoms with E-state index in [1.807, 2.05) is 23.1 Å². The topological polar surface area (TPSA) is 20.3 Å². The molecule has 98 valence electrons. The fourth-order valence-corrected chi connectivity index (χ4v) is 2.25. The number of hydrogen-bond donors (Lipinski definition) is 0. The molecule has 18 heavy (non-hydrogen) atoms. The Bertz CT molecular complexity index is 414. The molecule has 0 N–H and O–H groups in total. The molecule has 0 radical (unpaired) electrons. The van der Waals surface area contributed by atoms with Crippen LogP contribution in [0.4, 0.5) is 0 Å². The van der Waals surface area contributed by atoms with Gasteiger partial charge in [0.25, 0.3) is 0 Å². The maximum atomic E-state index is 10.8. The van der Waals surface area contributed by atoms with E-state index in [0.29, 0.717) is 29.9 Å². The predicted octanol–water partition coefficient (Wildman–Crippen LogP) is 3.66. The van der Waals surface area contributed by atoms with E-state index in [9.17, 15) is 4.79 Å². The lowest BCUT2D eigenvalue weighted by atomic mass is 10.1. The van der Waals surface area contributed by atoms with Crippen LogP contribution in [0.2, 0.25) is 5.02 Å². The Labute approximate surface area is 122 Å². The summed E-state index contributed by atoms with van der Waals surface area (Å²) in [5.74, 6) is 0.932. The van der Waals surface area contributed by atoms with Crippen LogP contribution >= 0.6 is 34.8 Å². The number of rotatable bonds is 7. The first kappa shape index (κ1) is 15.4. The molecule has 2 nitrogen and oxygen atoms in total. The van der Waals surface area contributed by atoms with Crippen LogP contribution in [0.1, 0.15) is 5.56 Å². The van der Waals surface area contributed by atoms with Crippen LogP contribution in [0.15, 0.2) is 30.3 Å². The number of benzene rings is 1. The van der Waals surface area contributed by atoms with E-state index in [0.717, 1.165) is 17.5 Å². The summed E-state index contributed by atoms with van der Waals surface area (Å²) in [7, 11) is 0. The summed E-state index contributed by atoms with van der Waals surface area (Å²) in [5.41, 5.74) is 1.67. The van der Waals surface area contributed by atoms with Crippen LogP contribution in [0.25, 0.3) is 5.70 Å². The highest BCUT2D eigenvalue weighted by Gasteiger charge is 2.11. The van der Waals surface area contributed by atoms with Gasteiger partial charge < -0.3 is 4.90 Å². The minimum Gasteiger partial charge on any atom is -0.369 e. The van der Waals surface area contributed by atoms with Crippen molar-refractivity contribution in [3.8, 4) is 0 Å². The van der Waals surface area contributed by atoms with Crippen molar-refractivity contribution in [2.24, 2.45) is 0 Å². The molecule has 0 saturated heterocycles. The zero-order chi connectivity index (χ0) is 13.4. The van der Waals surface area contributed by atoms with Crippen molar-refractivity contribution in [3.05, 3.63) is 40.9 Å². The number of aldehydes is 1. The summed E-state index contributed by atoms with van der Waals surface area (Å²) in [6.45, 7) is 1.25. The van der Waals surface area contributed by atoms with Gasteiger partial charge in [-0.25, -0.2) is 0 Å². The second-order valence-corrected chi connectivity index (χ2v) is 4.76. The Balaban J connectivity index is 3.07. The molecule has 0 unspecified atom stereocenters. The molecule has 0 saturated carbocycles. The Morgan fingerprint density at radius 2 is 1.89 bits per heavy atom. The summed E-state index contributed by atoms with van der Waals surface area (Å²) in [6, 6.07) is 7.34. The molecule has 0 amide bonds. The van der Waals surface area contributed by atoms with Crippen molar-refractivity contribution in [1.29, 1.82) is 0 Å². The fraction of sp³-hybridized carbons (Fsp3) is 0.308. The van der Waals surface area contributed by atoms with Crippen LogP contribution in [0, 0.1) is 0 Å². The number of allylic oxidation sites excluding steroid dienone is 1. The molecule has 0 spiro atoms. The Hall–Kier alpha value is -0.700. The SMILES string of the molecule is O=C/C=C(\c1cccc(Cl)c1)N(CCCl)CCCl. The highest BCUT2D eigenvalue weighted by Crippen LogP contribution is 2.22. The van der Waals surface area contributed by atoms with Crippen molar-refractivity contribution < 1.29 is 4.79 Å². The smallest absolute Gasteiger partial charge is 0.144 e. The lowest BCUT2D eigenvalue weighted by Crippen LogP contribution is -2.26. The normalized spacial score (nSPS) is 11.4. The number of nitrogens with zero attached hydrogens (tertiary/aromatic N) is 1. The number of carbonyl (C=O) groups excluding carboxylic acids is 1. The largest absolute Gasteiger partial charge is 0.369 e. The molecule has 1 aromatic rings. The van der Waals surface area contributed by atoms with Crippen LogP contribution in [-0.4, -0.2) is 36.0 Å². The predicted molar refractivity (Wildman–Crippen MR) is 78.5 cm³/mol. The maximum absolute atomic E-state index is 10.8. The van der Waals surface area contributed by atoms with Gasteiger partial charge in [-0.3, -0.25) is 4.79 Å². The molecule has 0 atom stereocenters. The highest BCUT2D eigenvalue weighted by atomic mass is 35.5. The zero-order valence-corrected chi connectivity index (χ0v) is 12.0. The van der Waals surface area contributed by atoms with Crippen LogP contribution in [0.3, 0.4) is 0 Å². The molecular weight excluding hydrogens is 293 g/mol. The molecule has 0 heterocycles. The van der Waals surface area contributed by atoms with Gasteiger partial charge in [0.05, 0.1) is 0 Å². The van der Waals surface area contributed by atoms with Gasteiger partial charge in [-0.05, 0) is 17.7 Å². The van der Waals surface area contributed by atoms with E-state index in [4.69, 9.17) is 34.8 Å². The van der Waals surface area contributed by atoms with Crippen molar-refractivity contribution in [1.82, 2.24) is 4.90 Å². The van der Waals surface area contributed by atoms with Crippen LogP contribution in [-0.2, 0) is 4.79 Å². The summed E-state index contributed by atoms with van der Waals surface area (Å²) in [6.07, 6.45) is 2.26. The average Bonchev–Trinajstić information content (AvgIpc) is 2.36. The van der Waals surface area contributed by atoms with E-state index in [1.165, 1.54) is 6.08 Å². The number of alkyl halides is 2. The highest BCUT2D eigenvalue weighted by molar-refractivity contribution is 6.30. The second kappa shape index (κ2) is 8.41. The molecule has 0 aliphatic rings. The summed E-state index contributed by atoms with van der Waals surface area (Å²) >= 11 is 17.5. The molecule has 0 aliphatic carbocycles. The molecule has 1 aromatic carbocycles. The third kappa shape index (κ3) is 4.52. The van der Waals surface area contributed by atoms with Crippen molar-refractivity contribution >= 4 is 46.8 Å². The van der Waals surface area contributed by atoms with Gasteiger partial charge in [0.15, 0.2) is 0 Å². The number of hydrogen-bond acceptors (Lipinski definition) is 2. The molecule has 5 heteroatoms. The van der Waals surface area contributed by atoms with E-state index < -0.39 is 0 Å². The van der Waals surface area contributed by atoms with Gasteiger partial charge in [0.1, 0.15) is 6.29 Å². The minimum atomic E-state index is 0.466. The zero-order valence-electron chi connectivity index (χ0n) is 9.78. The standard InChI is InChI=1S/C13H14Cl3NO/c14-5-7-17(8-6-15)13(4-9-18)11-2-1-3-12(16)10-11/h1-4,9-10H,5-8H2/b13-4+. The Kier molecular flexibility index (Phi) is 7.18. The first-order valence-corrected chi connectivity index (χ1v) is 6.96. The van der Waals surface area contributed by atoms with Gasteiger partial charge in [-0.2, -0.15) is 0 Å². The fourth-order valence-electron chi connectivity index (χ4n) is 1.65. The molecule has 1 rings (SSSR count). The second-order valence-electron chi connectivity index (χ2n) is 3.56. The van der Waals surface area contributed by atoms with E-state index >= 15 is 0 Å². The summed E-state index contributed by atoms with van der Waals surface area (Å²) in [4.78, 5) is 12.8. The molecule has 0 fully saturated rings. The first-order chi connectivity index (χ1) is 8.72. The van der Waals surface area contributed by atoms with Crippen LogP contribution in [0.5, 0.6) is 0 Å². The Morgan fingerprint density at radius 3 is 2.39 bits per heavy atom. The van der Waals surface area contributed by atoms with E-state index in [1.54, 1.807) is 6.07 Å². The van der Waals surface area contributed by atoms with Crippen molar-refractivity contribution in [2.75, 3.05) is 24.8 Å². The monoisotopic (exact) mass is 305 g/mol. The first-order valence-electron chi connectivity index (χ1n) is 5.51. The van der Waals surface area contributed by atoms with Gasteiger partial charge in [0, 0.05) is 41.6 Å². The molecule has 0 aromatic heterocycles. The van der Waals surface area contributed by atoms with Gasteiger partial charge >= 0.3 is 0 Å². The Morgan fingerprint density at radius 1 is 1.22 bits per heavy atom. The third-order valence-corrected chi connectivity index (χ3v) is 2.97. The molecule has 0 aliphatic heterocycles. The van der Waals surface area contributed by atoms with Crippen molar-refractivity contribution in [2.45, 2.75) is 0 Å². The third-order valence-electron chi connectivity index (χ3n) is 2.40. The van der Waals surface area contributed by atoms with Crippen LogP contribution < -0.4 is 0 Å².